The number of nitrogens with zero attached hydrogens (tertiary/aromatic N) is 2. The molecular weight excluding hydrogens is 563 g/mol. The third-order valence-electron chi connectivity index (χ3n) is 9.33. The van der Waals surface area contributed by atoms with Crippen LogP contribution in [-0.2, 0) is 27.2 Å². The SMILES string of the molecule is CCCN(CCC)C1Cc2c(F)c3c(c(O)c2NC1=O)C(=O)C1=C(O)[C@@]2(O)C(=O)C(C(N)=O)=C(O)[C@H](N(C)C)[C@H]2C[C@H]1C3. The van der Waals surface area contributed by atoms with E-state index in [-0.39, 0.29) is 36.1 Å². The maximum Gasteiger partial charge on any atom is 0.255 e. The number of phenols is 1. The lowest BCUT2D eigenvalue weighted by molar-refractivity contribution is -0.148. The van der Waals surface area contributed by atoms with Crippen LogP contribution in [0.4, 0.5) is 10.1 Å². The molecule has 43 heavy (non-hydrogen) atoms. The van der Waals surface area contributed by atoms with Crippen LogP contribution in [0.1, 0.15) is 54.6 Å². The summed E-state index contributed by atoms with van der Waals surface area (Å²) in [6.45, 7) is 5.18. The molecule has 1 aliphatic heterocycles. The number of carbonyl (C=O) groups is 4. The molecule has 7 N–H and O–H groups in total. The van der Waals surface area contributed by atoms with Gasteiger partial charge in [0, 0.05) is 29.0 Å². The molecule has 2 amide bonds. The molecule has 1 heterocycles. The van der Waals surface area contributed by atoms with Crippen LogP contribution >= 0.6 is 0 Å². The minimum absolute atomic E-state index is 0.0191. The number of carbonyl (C=O) groups excluding carboxylic acids is 4. The van der Waals surface area contributed by atoms with Crippen LogP contribution in [0.15, 0.2) is 22.7 Å². The van der Waals surface area contributed by atoms with Gasteiger partial charge in [0.15, 0.2) is 17.1 Å². The summed E-state index contributed by atoms with van der Waals surface area (Å²) in [6.07, 6.45) is 1.21. The Morgan fingerprint density at radius 3 is 2.26 bits per heavy atom. The van der Waals surface area contributed by atoms with Crippen molar-refractivity contribution in [3.8, 4) is 5.75 Å². The minimum Gasteiger partial charge on any atom is -0.510 e. The first-order valence-corrected chi connectivity index (χ1v) is 14.5. The van der Waals surface area contributed by atoms with Crippen LogP contribution < -0.4 is 11.1 Å². The van der Waals surface area contributed by atoms with E-state index in [9.17, 15) is 39.6 Å². The number of fused-ring (bicyclic) bond motifs is 4. The molecule has 13 heteroatoms. The van der Waals surface area contributed by atoms with Crippen molar-refractivity contribution in [2.24, 2.45) is 17.6 Å². The van der Waals surface area contributed by atoms with E-state index < -0.39 is 92.7 Å². The first kappa shape index (κ1) is 30.6. The number of hydrogen-bond donors (Lipinski definition) is 6. The van der Waals surface area contributed by atoms with Crippen molar-refractivity contribution in [2.75, 3.05) is 32.5 Å². The molecule has 12 nitrogen and oxygen atoms in total. The van der Waals surface area contributed by atoms with Gasteiger partial charge in [0.05, 0.1) is 23.3 Å². The number of anilines is 1. The first-order valence-electron chi connectivity index (χ1n) is 14.5. The molecule has 0 aromatic heterocycles. The number of primary amides is 1. The second kappa shape index (κ2) is 10.7. The lowest BCUT2D eigenvalue weighted by Gasteiger charge is -2.50. The van der Waals surface area contributed by atoms with Crippen molar-refractivity contribution >= 4 is 29.1 Å². The van der Waals surface area contributed by atoms with Gasteiger partial charge in [-0.15, -0.1) is 0 Å². The molecule has 5 rings (SSSR count). The Balaban J connectivity index is 1.65. The standard InChI is InChI=1S/C30H37FN4O8/c1-5-7-35(8-6-2)16-11-14-20(31)13-9-12-10-15-22(34(3)4)25(38)19(28(32)41)27(40)30(15,43)26(39)17(12)23(36)18(13)24(37)21(14)33-29(16)42/h12,15-16,22,37-39,43H,5-11H2,1-4H3,(H2,32,41)(H,33,42)/t12-,15-,16?,22-,30-/m1/s1. The van der Waals surface area contributed by atoms with E-state index in [0.717, 1.165) is 12.8 Å². The zero-order valence-electron chi connectivity index (χ0n) is 24.5. The summed E-state index contributed by atoms with van der Waals surface area (Å²) in [5, 5.41) is 47.8. The summed E-state index contributed by atoms with van der Waals surface area (Å²) in [5.74, 6) is -9.39. The van der Waals surface area contributed by atoms with Crippen molar-refractivity contribution < 1.29 is 44.0 Å². The second-order valence-corrected chi connectivity index (χ2v) is 12.1. The quantitative estimate of drug-likeness (QED) is 0.196. The predicted molar refractivity (Wildman–Crippen MR) is 152 cm³/mol. The molecule has 1 unspecified atom stereocenters. The Bertz CT molecular complexity index is 1510. The van der Waals surface area contributed by atoms with E-state index >= 15 is 4.39 Å². The molecule has 4 aliphatic rings. The maximum absolute atomic E-state index is 16.3. The van der Waals surface area contributed by atoms with Gasteiger partial charge in [0.25, 0.3) is 5.91 Å². The zero-order valence-corrected chi connectivity index (χ0v) is 24.5. The Morgan fingerprint density at radius 2 is 1.70 bits per heavy atom. The number of Topliss-reactive ketones (excluding diaryl/α,β-unsaturated/α-hetero) is 2. The zero-order chi connectivity index (χ0) is 31.7. The van der Waals surface area contributed by atoms with Gasteiger partial charge in [-0.1, -0.05) is 13.8 Å². The fourth-order valence-electron chi connectivity index (χ4n) is 7.51. The topological polar surface area (TPSA) is 194 Å². The number of aliphatic hydroxyl groups is 3. The third kappa shape index (κ3) is 4.27. The second-order valence-electron chi connectivity index (χ2n) is 12.1. The predicted octanol–water partition coefficient (Wildman–Crippen LogP) is 1.24. The molecule has 232 valence electrons. The largest absolute Gasteiger partial charge is 0.510 e. The minimum atomic E-state index is -2.80. The first-order chi connectivity index (χ1) is 20.2. The van der Waals surface area contributed by atoms with Crippen LogP contribution in [0.25, 0.3) is 0 Å². The van der Waals surface area contributed by atoms with Crippen molar-refractivity contribution in [3.05, 3.63) is 45.2 Å². The van der Waals surface area contributed by atoms with Gasteiger partial charge in [-0.3, -0.25) is 29.0 Å². The lowest BCUT2D eigenvalue weighted by atomic mass is 9.58. The van der Waals surface area contributed by atoms with E-state index in [1.54, 1.807) is 0 Å². The molecule has 1 aromatic rings. The van der Waals surface area contributed by atoms with Crippen molar-refractivity contribution in [1.82, 2.24) is 9.80 Å². The average Bonchev–Trinajstić information content (AvgIpc) is 2.93. The molecule has 5 atom stereocenters. The van der Waals surface area contributed by atoms with Crippen LogP contribution in [0.3, 0.4) is 0 Å². The summed E-state index contributed by atoms with van der Waals surface area (Å²) in [4.78, 5) is 56.0. The van der Waals surface area contributed by atoms with Crippen molar-refractivity contribution in [3.63, 3.8) is 0 Å². The molecule has 0 bridgehead atoms. The number of likely N-dealkylation sites (N-methyl/N-ethyl adjacent to an activating group) is 1. The maximum atomic E-state index is 16.3. The van der Waals surface area contributed by atoms with Gasteiger partial charge >= 0.3 is 0 Å². The van der Waals surface area contributed by atoms with Crippen LogP contribution in [0.5, 0.6) is 5.75 Å². The summed E-state index contributed by atoms with van der Waals surface area (Å²) in [7, 11) is 3.06. The number of rotatable bonds is 7. The monoisotopic (exact) mass is 600 g/mol. The smallest absolute Gasteiger partial charge is 0.255 e. The van der Waals surface area contributed by atoms with E-state index in [2.05, 4.69) is 5.32 Å². The Morgan fingerprint density at radius 1 is 1.07 bits per heavy atom. The van der Waals surface area contributed by atoms with Gasteiger partial charge in [0.2, 0.25) is 11.7 Å². The number of amides is 2. The van der Waals surface area contributed by atoms with Gasteiger partial charge < -0.3 is 31.5 Å². The number of nitrogens with two attached hydrogens (primary N) is 1. The van der Waals surface area contributed by atoms with Crippen molar-refractivity contribution in [1.29, 1.82) is 0 Å². The van der Waals surface area contributed by atoms with E-state index in [1.165, 1.54) is 19.0 Å². The van der Waals surface area contributed by atoms with Crippen LogP contribution in [-0.4, -0.2) is 98.5 Å². The van der Waals surface area contributed by atoms with Gasteiger partial charge in [-0.25, -0.2) is 4.39 Å². The fourth-order valence-corrected chi connectivity index (χ4v) is 7.51. The molecule has 0 radical (unpaired) electrons. The van der Waals surface area contributed by atoms with E-state index in [0.29, 0.717) is 13.1 Å². The highest BCUT2D eigenvalue weighted by Gasteiger charge is 2.63. The number of ketones is 2. The highest BCUT2D eigenvalue weighted by molar-refractivity contribution is 6.25. The summed E-state index contributed by atoms with van der Waals surface area (Å²) in [6, 6.07) is -1.82. The van der Waals surface area contributed by atoms with Gasteiger partial charge in [-0.2, -0.15) is 0 Å². The van der Waals surface area contributed by atoms with E-state index in [4.69, 9.17) is 5.73 Å². The number of phenolic OH excluding ortho intramolecular Hbond substituents is 1. The lowest BCUT2D eigenvalue weighted by Crippen LogP contribution is -2.63. The molecular formula is C30H37FN4O8. The summed E-state index contributed by atoms with van der Waals surface area (Å²) in [5.41, 5.74) is 0.520. The fraction of sp³-hybridized carbons (Fsp3) is 0.533. The Labute approximate surface area is 247 Å². The number of aromatic hydroxyl groups is 1. The molecule has 0 fully saturated rings. The highest BCUT2D eigenvalue weighted by atomic mass is 19.1. The molecule has 0 saturated heterocycles. The number of nitrogens with one attached hydrogen (secondary N) is 1. The van der Waals surface area contributed by atoms with Gasteiger partial charge in [0.1, 0.15) is 22.9 Å². The van der Waals surface area contributed by atoms with Crippen LogP contribution in [0, 0.1) is 17.7 Å². The number of hydrogen-bond acceptors (Lipinski definition) is 10. The normalized spacial score (nSPS) is 28.5. The number of aliphatic hydroxyl groups excluding tert-OH is 2. The van der Waals surface area contributed by atoms with Crippen molar-refractivity contribution in [2.45, 2.75) is 63.6 Å². The molecule has 3 aliphatic carbocycles. The number of allylic oxidation sites excluding steroid dienone is 1. The van der Waals surface area contributed by atoms with Crippen LogP contribution in [0.2, 0.25) is 0 Å². The number of halogens is 1. The summed E-state index contributed by atoms with van der Waals surface area (Å²) < 4.78 is 16.3. The molecule has 0 saturated carbocycles. The number of benzene rings is 1. The van der Waals surface area contributed by atoms with Gasteiger partial charge in [-0.05, 0) is 58.8 Å². The average molecular weight is 601 g/mol. The Hall–Kier alpha value is -3.81. The Kier molecular flexibility index (Phi) is 7.64. The highest BCUT2D eigenvalue weighted by Crippen LogP contribution is 2.54. The summed E-state index contributed by atoms with van der Waals surface area (Å²) >= 11 is 0. The third-order valence-corrected chi connectivity index (χ3v) is 9.33. The molecule has 0 spiro atoms. The molecule has 1 aromatic carbocycles. The van der Waals surface area contributed by atoms with E-state index in [1.807, 2.05) is 18.7 Å².